The highest BCUT2D eigenvalue weighted by atomic mass is 79.9. The molecule has 1 aromatic heterocycles. The zero-order valence-corrected chi connectivity index (χ0v) is 9.12. The number of nitrogens with one attached hydrogen (secondary N) is 1. The molecule has 0 bridgehead atoms. The van der Waals surface area contributed by atoms with Crippen LogP contribution in [0, 0.1) is 0 Å². The van der Waals surface area contributed by atoms with E-state index in [1.807, 2.05) is 0 Å². The maximum atomic E-state index is 4.39. The predicted molar refractivity (Wildman–Crippen MR) is 54.7 cm³/mol. The molecule has 0 radical (unpaired) electrons. The molecule has 1 N–H and O–H groups in total. The first-order chi connectivity index (χ1) is 5.86. The van der Waals surface area contributed by atoms with E-state index in [-0.39, 0.29) is 0 Å². The first-order valence-corrected chi connectivity index (χ1v) is 5.76. The van der Waals surface area contributed by atoms with Crippen LogP contribution >= 0.6 is 27.5 Å². The van der Waals surface area contributed by atoms with Crippen molar-refractivity contribution in [3.63, 3.8) is 0 Å². The Labute approximate surface area is 84.7 Å². The Morgan fingerprint density at radius 1 is 1.67 bits per heavy atom. The molecule has 0 amide bonds. The van der Waals surface area contributed by atoms with Gasteiger partial charge in [-0.1, -0.05) is 0 Å². The SMILES string of the molecule is Brc1cc(C2CCCNC2)ns1. The molecule has 1 saturated heterocycles. The van der Waals surface area contributed by atoms with Crippen LogP contribution in [0.25, 0.3) is 0 Å². The molecule has 66 valence electrons. The van der Waals surface area contributed by atoms with E-state index in [0.717, 1.165) is 10.3 Å². The number of hydrogen-bond acceptors (Lipinski definition) is 3. The molecule has 0 aromatic carbocycles. The third-order valence-corrected chi connectivity index (χ3v) is 3.47. The van der Waals surface area contributed by atoms with Gasteiger partial charge >= 0.3 is 0 Å². The van der Waals surface area contributed by atoms with E-state index in [9.17, 15) is 0 Å². The lowest BCUT2D eigenvalue weighted by molar-refractivity contribution is 0.457. The maximum Gasteiger partial charge on any atom is 0.0908 e. The van der Waals surface area contributed by atoms with Crippen LogP contribution < -0.4 is 5.32 Å². The van der Waals surface area contributed by atoms with Crippen molar-refractivity contribution in [1.82, 2.24) is 9.69 Å². The molecule has 1 unspecified atom stereocenters. The Bertz CT molecular complexity index is 255. The third kappa shape index (κ3) is 1.87. The van der Waals surface area contributed by atoms with Crippen molar-refractivity contribution >= 4 is 27.5 Å². The van der Waals surface area contributed by atoms with Crippen molar-refractivity contribution in [1.29, 1.82) is 0 Å². The molecule has 0 spiro atoms. The summed E-state index contributed by atoms with van der Waals surface area (Å²) in [6.45, 7) is 2.26. The van der Waals surface area contributed by atoms with Gasteiger partial charge in [-0.05, 0) is 52.9 Å². The van der Waals surface area contributed by atoms with E-state index in [2.05, 4.69) is 31.7 Å². The molecule has 1 aliphatic heterocycles. The lowest BCUT2D eigenvalue weighted by atomic mass is 9.97. The Morgan fingerprint density at radius 3 is 3.17 bits per heavy atom. The Morgan fingerprint density at radius 2 is 2.58 bits per heavy atom. The number of piperidine rings is 1. The molecule has 1 fully saturated rings. The van der Waals surface area contributed by atoms with Gasteiger partial charge in [0.05, 0.1) is 9.48 Å². The van der Waals surface area contributed by atoms with E-state index < -0.39 is 0 Å². The van der Waals surface area contributed by atoms with Crippen LogP contribution in [0.15, 0.2) is 9.85 Å². The number of rotatable bonds is 1. The molecule has 0 aliphatic carbocycles. The van der Waals surface area contributed by atoms with Crippen molar-refractivity contribution in [3.05, 3.63) is 15.5 Å². The summed E-state index contributed by atoms with van der Waals surface area (Å²) in [7, 11) is 0. The lowest BCUT2D eigenvalue weighted by Gasteiger charge is -2.20. The number of aromatic nitrogens is 1. The largest absolute Gasteiger partial charge is 0.316 e. The van der Waals surface area contributed by atoms with E-state index in [1.165, 1.54) is 36.6 Å². The summed E-state index contributed by atoms with van der Waals surface area (Å²) in [5.74, 6) is 0.640. The lowest BCUT2D eigenvalue weighted by Crippen LogP contribution is -2.28. The zero-order chi connectivity index (χ0) is 8.39. The summed E-state index contributed by atoms with van der Waals surface area (Å²) < 4.78 is 5.54. The van der Waals surface area contributed by atoms with Crippen molar-refractivity contribution in [3.8, 4) is 0 Å². The minimum Gasteiger partial charge on any atom is -0.316 e. The molecule has 2 heterocycles. The highest BCUT2D eigenvalue weighted by Crippen LogP contribution is 2.26. The van der Waals surface area contributed by atoms with E-state index >= 15 is 0 Å². The van der Waals surface area contributed by atoms with Crippen molar-refractivity contribution < 1.29 is 0 Å². The molecule has 2 nitrogen and oxygen atoms in total. The molecular formula is C8H11BrN2S. The Hall–Kier alpha value is 0.0700. The van der Waals surface area contributed by atoms with E-state index in [1.54, 1.807) is 0 Å². The summed E-state index contributed by atoms with van der Waals surface area (Å²) in [4.78, 5) is 0. The Kier molecular flexibility index (Phi) is 2.78. The van der Waals surface area contributed by atoms with E-state index in [0.29, 0.717) is 5.92 Å². The van der Waals surface area contributed by atoms with Crippen LogP contribution in [0.2, 0.25) is 0 Å². The van der Waals surface area contributed by atoms with Crippen molar-refractivity contribution in [2.45, 2.75) is 18.8 Å². The molecular weight excluding hydrogens is 236 g/mol. The van der Waals surface area contributed by atoms with Gasteiger partial charge in [-0.3, -0.25) is 0 Å². The third-order valence-electron chi connectivity index (χ3n) is 2.21. The van der Waals surface area contributed by atoms with Gasteiger partial charge in [0.15, 0.2) is 0 Å². The second-order valence-corrected chi connectivity index (χ2v) is 5.28. The fourth-order valence-corrected chi connectivity index (χ4v) is 2.58. The smallest absolute Gasteiger partial charge is 0.0908 e. The first kappa shape index (κ1) is 8.66. The molecule has 2 rings (SSSR count). The second-order valence-electron chi connectivity index (χ2n) is 3.10. The average Bonchev–Trinajstić information content (AvgIpc) is 2.54. The van der Waals surface area contributed by atoms with Gasteiger partial charge < -0.3 is 5.32 Å². The van der Waals surface area contributed by atoms with Gasteiger partial charge in [0.25, 0.3) is 0 Å². The topological polar surface area (TPSA) is 24.9 Å². The van der Waals surface area contributed by atoms with Gasteiger partial charge in [-0.15, -0.1) is 0 Å². The fourth-order valence-electron chi connectivity index (χ4n) is 1.56. The van der Waals surface area contributed by atoms with E-state index in [4.69, 9.17) is 0 Å². The summed E-state index contributed by atoms with van der Waals surface area (Å²) >= 11 is 4.97. The number of nitrogens with zero attached hydrogens (tertiary/aromatic N) is 1. The quantitative estimate of drug-likeness (QED) is 0.824. The van der Waals surface area contributed by atoms with Crippen LogP contribution in [0.4, 0.5) is 0 Å². The summed E-state index contributed by atoms with van der Waals surface area (Å²) in [6.07, 6.45) is 2.56. The molecule has 0 saturated carbocycles. The normalized spacial score (nSPS) is 24.2. The van der Waals surface area contributed by atoms with Crippen molar-refractivity contribution in [2.24, 2.45) is 0 Å². The molecule has 1 aromatic rings. The van der Waals surface area contributed by atoms with Crippen LogP contribution in [-0.2, 0) is 0 Å². The average molecular weight is 247 g/mol. The number of hydrogen-bond donors (Lipinski definition) is 1. The second kappa shape index (κ2) is 3.85. The Balaban J connectivity index is 2.08. The minimum absolute atomic E-state index is 0.640. The van der Waals surface area contributed by atoms with Gasteiger partial charge in [-0.25, -0.2) is 0 Å². The molecule has 12 heavy (non-hydrogen) atoms. The fraction of sp³-hybridized carbons (Fsp3) is 0.625. The predicted octanol–water partition coefficient (Wildman–Crippen LogP) is 2.37. The van der Waals surface area contributed by atoms with Crippen LogP contribution in [0.5, 0.6) is 0 Å². The summed E-state index contributed by atoms with van der Waals surface area (Å²) in [5, 5.41) is 3.39. The maximum absolute atomic E-state index is 4.39. The zero-order valence-electron chi connectivity index (χ0n) is 6.72. The summed E-state index contributed by atoms with van der Waals surface area (Å²) in [6, 6.07) is 2.14. The van der Waals surface area contributed by atoms with Gasteiger partial charge in [0.1, 0.15) is 0 Å². The number of halogens is 1. The standard InChI is InChI=1S/C8H11BrN2S/c9-8-4-7(11-12-8)6-2-1-3-10-5-6/h4,6,10H,1-3,5H2. The summed E-state index contributed by atoms with van der Waals surface area (Å²) in [5.41, 5.74) is 1.25. The highest BCUT2D eigenvalue weighted by Gasteiger charge is 2.17. The van der Waals surface area contributed by atoms with Crippen LogP contribution in [0.1, 0.15) is 24.5 Å². The minimum atomic E-state index is 0.640. The van der Waals surface area contributed by atoms with Gasteiger partial charge in [-0.2, -0.15) is 4.37 Å². The van der Waals surface area contributed by atoms with Gasteiger partial charge in [0, 0.05) is 12.5 Å². The van der Waals surface area contributed by atoms with Crippen LogP contribution in [0.3, 0.4) is 0 Å². The van der Waals surface area contributed by atoms with Crippen LogP contribution in [-0.4, -0.2) is 17.5 Å². The highest BCUT2D eigenvalue weighted by molar-refractivity contribution is 9.11. The molecule has 4 heteroatoms. The monoisotopic (exact) mass is 246 g/mol. The molecule has 1 atom stereocenters. The van der Waals surface area contributed by atoms with Gasteiger partial charge in [0.2, 0.25) is 0 Å². The van der Waals surface area contributed by atoms with Crippen molar-refractivity contribution in [2.75, 3.05) is 13.1 Å². The molecule has 1 aliphatic rings. The first-order valence-electron chi connectivity index (χ1n) is 4.19.